The Morgan fingerprint density at radius 3 is 2.00 bits per heavy atom. The number of hydrogen-bond donors (Lipinski definition) is 2. The van der Waals surface area contributed by atoms with Crippen LogP contribution >= 0.6 is 0 Å². The molecule has 0 bridgehead atoms. The molecule has 2 aromatic carbocycles. The first-order chi connectivity index (χ1) is 12.4. The van der Waals surface area contributed by atoms with Crippen molar-refractivity contribution >= 4 is 28.9 Å². The highest BCUT2D eigenvalue weighted by Gasteiger charge is 2.53. The number of nitro benzene ring substituents is 1. The quantitative estimate of drug-likeness (QED) is 0.483. The van der Waals surface area contributed by atoms with Gasteiger partial charge in [0, 0.05) is 17.7 Å². The molecule has 0 saturated heterocycles. The van der Waals surface area contributed by atoms with Crippen LogP contribution in [0.3, 0.4) is 0 Å². The molecule has 0 aliphatic carbocycles. The van der Waals surface area contributed by atoms with Crippen molar-refractivity contribution in [2.24, 2.45) is 4.99 Å². The van der Waals surface area contributed by atoms with Gasteiger partial charge < -0.3 is 10.2 Å². The molecule has 0 saturated carbocycles. The van der Waals surface area contributed by atoms with Gasteiger partial charge >= 0.3 is 11.9 Å². The molecule has 0 unspecified atom stereocenters. The number of aliphatic carboxylic acids is 2. The third-order valence-electron chi connectivity index (χ3n) is 4.04. The number of benzene rings is 2. The van der Waals surface area contributed by atoms with E-state index in [9.17, 15) is 29.9 Å². The van der Waals surface area contributed by atoms with Gasteiger partial charge in [-0.3, -0.25) is 15.1 Å². The van der Waals surface area contributed by atoms with E-state index in [1.54, 1.807) is 30.3 Å². The fourth-order valence-electron chi connectivity index (χ4n) is 2.74. The van der Waals surface area contributed by atoms with Gasteiger partial charge in [-0.1, -0.05) is 30.3 Å². The summed E-state index contributed by atoms with van der Waals surface area (Å²) in [4.78, 5) is 37.9. The van der Waals surface area contributed by atoms with Gasteiger partial charge in [0.05, 0.1) is 10.6 Å². The molecular formula is C18H12N2O6. The van der Waals surface area contributed by atoms with E-state index in [1.165, 1.54) is 30.3 Å². The van der Waals surface area contributed by atoms with E-state index >= 15 is 0 Å². The Morgan fingerprint density at radius 2 is 1.50 bits per heavy atom. The average Bonchev–Trinajstić information content (AvgIpc) is 3.05. The lowest BCUT2D eigenvalue weighted by molar-refractivity contribution is -0.384. The molecule has 26 heavy (non-hydrogen) atoms. The lowest BCUT2D eigenvalue weighted by Gasteiger charge is -2.20. The molecule has 0 amide bonds. The Kier molecular flexibility index (Phi) is 4.09. The zero-order valence-corrected chi connectivity index (χ0v) is 13.2. The van der Waals surface area contributed by atoms with Crippen molar-refractivity contribution in [3.63, 3.8) is 0 Å². The molecule has 2 aromatic rings. The summed E-state index contributed by atoms with van der Waals surface area (Å²) in [5, 5.41) is 30.1. The second-order valence-electron chi connectivity index (χ2n) is 5.55. The Morgan fingerprint density at radius 1 is 0.923 bits per heavy atom. The van der Waals surface area contributed by atoms with Crippen LogP contribution in [0.25, 0.3) is 5.57 Å². The van der Waals surface area contributed by atoms with Crippen LogP contribution < -0.4 is 0 Å². The van der Waals surface area contributed by atoms with Crippen molar-refractivity contribution in [2.75, 3.05) is 0 Å². The summed E-state index contributed by atoms with van der Waals surface area (Å²) in [7, 11) is 0. The smallest absolute Gasteiger partial charge is 0.348 e. The molecule has 1 aliphatic rings. The number of hydrogen-bond acceptors (Lipinski definition) is 5. The van der Waals surface area contributed by atoms with E-state index in [0.29, 0.717) is 5.56 Å². The predicted molar refractivity (Wildman–Crippen MR) is 92.1 cm³/mol. The van der Waals surface area contributed by atoms with Crippen molar-refractivity contribution in [1.29, 1.82) is 0 Å². The van der Waals surface area contributed by atoms with Crippen LogP contribution in [-0.2, 0) is 9.59 Å². The number of nitro groups is 1. The van der Waals surface area contributed by atoms with E-state index in [0.717, 1.165) is 0 Å². The fourth-order valence-corrected chi connectivity index (χ4v) is 2.74. The highest BCUT2D eigenvalue weighted by Crippen LogP contribution is 2.38. The number of carboxylic acid groups (broad SMARTS) is 2. The van der Waals surface area contributed by atoms with Crippen molar-refractivity contribution in [3.8, 4) is 0 Å². The molecule has 0 radical (unpaired) electrons. The Bertz CT molecular complexity index is 947. The van der Waals surface area contributed by atoms with Crippen molar-refractivity contribution in [2.45, 2.75) is 5.54 Å². The fraction of sp³-hybridized carbons (Fsp3) is 0.0556. The standard InChI is InChI=1S/C18H12N2O6/c21-16(22)18(17(23)24)14(11-6-8-13(9-7-11)20(25)26)10-15(19-18)12-4-2-1-3-5-12/h1-10H,(H,21,22)(H,23,24). The molecular weight excluding hydrogens is 340 g/mol. The molecule has 1 aliphatic heterocycles. The molecule has 8 nitrogen and oxygen atoms in total. The Labute approximate surface area is 146 Å². The first-order valence-corrected chi connectivity index (χ1v) is 7.45. The van der Waals surface area contributed by atoms with Crippen molar-refractivity contribution in [3.05, 3.63) is 81.9 Å². The minimum atomic E-state index is -2.51. The van der Waals surface area contributed by atoms with Gasteiger partial charge in [-0.2, -0.15) is 0 Å². The monoisotopic (exact) mass is 352 g/mol. The molecule has 0 atom stereocenters. The lowest BCUT2D eigenvalue weighted by atomic mass is 9.86. The number of nitrogens with zero attached hydrogens (tertiary/aromatic N) is 2. The predicted octanol–water partition coefficient (Wildman–Crippen LogP) is 2.39. The minimum absolute atomic E-state index is 0.0637. The van der Waals surface area contributed by atoms with E-state index < -0.39 is 22.4 Å². The van der Waals surface area contributed by atoms with Gasteiger partial charge in [-0.05, 0) is 29.3 Å². The van der Waals surface area contributed by atoms with Gasteiger partial charge in [0.25, 0.3) is 11.2 Å². The van der Waals surface area contributed by atoms with E-state index in [2.05, 4.69) is 4.99 Å². The highest BCUT2D eigenvalue weighted by molar-refractivity contribution is 6.28. The summed E-state index contributed by atoms with van der Waals surface area (Å²) in [6.45, 7) is 0. The Balaban J connectivity index is 2.18. The molecule has 8 heteroatoms. The van der Waals surface area contributed by atoms with E-state index in [1.807, 2.05) is 0 Å². The normalized spacial score (nSPS) is 15.1. The van der Waals surface area contributed by atoms with Crippen LogP contribution in [0.2, 0.25) is 0 Å². The van der Waals surface area contributed by atoms with Gasteiger partial charge in [-0.15, -0.1) is 0 Å². The first-order valence-electron chi connectivity index (χ1n) is 7.45. The van der Waals surface area contributed by atoms with Gasteiger partial charge in [0.15, 0.2) is 0 Å². The second kappa shape index (κ2) is 6.25. The zero-order chi connectivity index (χ0) is 18.9. The maximum Gasteiger partial charge on any atom is 0.348 e. The third-order valence-corrected chi connectivity index (χ3v) is 4.04. The summed E-state index contributed by atoms with van der Waals surface area (Å²) >= 11 is 0. The van der Waals surface area contributed by atoms with Crippen molar-refractivity contribution in [1.82, 2.24) is 0 Å². The highest BCUT2D eigenvalue weighted by atomic mass is 16.6. The van der Waals surface area contributed by atoms with Gasteiger partial charge in [0.2, 0.25) is 0 Å². The number of non-ortho nitro benzene ring substituents is 1. The van der Waals surface area contributed by atoms with E-state index in [4.69, 9.17) is 0 Å². The van der Waals surface area contributed by atoms with E-state index in [-0.39, 0.29) is 22.5 Å². The molecule has 3 rings (SSSR count). The number of carbonyl (C=O) groups is 2. The molecule has 130 valence electrons. The maximum absolute atomic E-state index is 11.9. The van der Waals surface area contributed by atoms with Gasteiger partial charge in [-0.25, -0.2) is 9.59 Å². The SMILES string of the molecule is O=C(O)C1(C(=O)O)N=C(c2ccccc2)C=C1c1ccc([N+](=O)[O-])cc1. The molecule has 0 spiro atoms. The minimum Gasteiger partial charge on any atom is -0.479 e. The van der Waals surface area contributed by atoms with Crippen LogP contribution in [0.4, 0.5) is 5.69 Å². The second-order valence-corrected chi connectivity index (χ2v) is 5.55. The summed E-state index contributed by atoms with van der Waals surface area (Å²) in [6.07, 6.45) is 1.39. The van der Waals surface area contributed by atoms with Crippen LogP contribution in [0.5, 0.6) is 0 Å². The average molecular weight is 352 g/mol. The Hall–Kier alpha value is -3.81. The van der Waals surface area contributed by atoms with Crippen LogP contribution in [0.1, 0.15) is 11.1 Å². The maximum atomic E-state index is 11.9. The summed E-state index contributed by atoms with van der Waals surface area (Å²) < 4.78 is 0. The largest absolute Gasteiger partial charge is 0.479 e. The number of allylic oxidation sites excluding steroid dienone is 1. The van der Waals surface area contributed by atoms with Gasteiger partial charge in [0.1, 0.15) is 0 Å². The lowest BCUT2D eigenvalue weighted by Crippen LogP contribution is -2.44. The first kappa shape index (κ1) is 17.0. The molecule has 2 N–H and O–H groups in total. The molecule has 0 fully saturated rings. The number of aliphatic imine (C=N–C) groups is 1. The molecule has 0 aromatic heterocycles. The summed E-state index contributed by atoms with van der Waals surface area (Å²) in [6, 6.07) is 13.6. The zero-order valence-electron chi connectivity index (χ0n) is 13.2. The topological polar surface area (TPSA) is 130 Å². The van der Waals surface area contributed by atoms with Crippen LogP contribution in [0, 0.1) is 10.1 Å². The number of carboxylic acids is 2. The molecule has 1 heterocycles. The van der Waals surface area contributed by atoms with Crippen LogP contribution in [-0.4, -0.2) is 38.3 Å². The third kappa shape index (κ3) is 2.63. The van der Waals surface area contributed by atoms with Crippen molar-refractivity contribution < 1.29 is 24.7 Å². The summed E-state index contributed by atoms with van der Waals surface area (Å²) in [5.74, 6) is -3.28. The van der Waals surface area contributed by atoms with Crippen LogP contribution in [0.15, 0.2) is 65.7 Å². The number of rotatable bonds is 5. The summed E-state index contributed by atoms with van der Waals surface area (Å²) in [5.41, 5.74) is -1.75.